The summed E-state index contributed by atoms with van der Waals surface area (Å²) in [5.41, 5.74) is 3.54. The van der Waals surface area contributed by atoms with E-state index in [1.807, 2.05) is 32.9 Å². The maximum absolute atomic E-state index is 12.6. The molecule has 0 aliphatic carbocycles. The number of carbonyl (C=O) groups is 1. The minimum absolute atomic E-state index is 0.0518. The number of ether oxygens (including phenoxy) is 1. The van der Waals surface area contributed by atoms with Gasteiger partial charge in [-0.1, -0.05) is 19.1 Å². The largest absolute Gasteiger partial charge is 0.376 e. The van der Waals surface area contributed by atoms with Gasteiger partial charge in [-0.25, -0.2) is 0 Å². The van der Waals surface area contributed by atoms with E-state index in [0.717, 1.165) is 41.5 Å². The van der Waals surface area contributed by atoms with Crippen molar-refractivity contribution in [3.63, 3.8) is 0 Å². The molecule has 1 atom stereocenters. The first-order valence-electron chi connectivity index (χ1n) is 9.01. The van der Waals surface area contributed by atoms with E-state index in [-0.39, 0.29) is 17.6 Å². The van der Waals surface area contributed by atoms with Crippen molar-refractivity contribution in [2.24, 2.45) is 0 Å². The Balaban J connectivity index is 1.93. The number of aromatic nitrogens is 1. The van der Waals surface area contributed by atoms with Crippen molar-refractivity contribution < 1.29 is 9.53 Å². The molecule has 0 spiro atoms. The van der Waals surface area contributed by atoms with Crippen LogP contribution in [0, 0.1) is 13.8 Å². The molecule has 25 heavy (non-hydrogen) atoms. The molecule has 0 radical (unpaired) electrons. The van der Waals surface area contributed by atoms with Crippen LogP contribution in [-0.2, 0) is 16.1 Å². The lowest BCUT2D eigenvalue weighted by atomic mass is 10.0. The summed E-state index contributed by atoms with van der Waals surface area (Å²) in [6.07, 6.45) is 2.52. The van der Waals surface area contributed by atoms with E-state index in [2.05, 4.69) is 11.1 Å². The Labute approximate surface area is 148 Å². The zero-order valence-corrected chi connectivity index (χ0v) is 15.2. The number of fused-ring (bicyclic) bond motifs is 1. The molecule has 1 amide bonds. The summed E-state index contributed by atoms with van der Waals surface area (Å²) in [6, 6.07) is 6.00. The van der Waals surface area contributed by atoms with Crippen molar-refractivity contribution in [2.75, 3.05) is 13.2 Å². The molecule has 1 aliphatic rings. The number of pyridine rings is 1. The van der Waals surface area contributed by atoms with Gasteiger partial charge in [0, 0.05) is 30.5 Å². The Morgan fingerprint density at radius 3 is 2.76 bits per heavy atom. The van der Waals surface area contributed by atoms with Gasteiger partial charge in [0.25, 0.3) is 5.56 Å². The average molecular weight is 342 g/mol. The molecular weight excluding hydrogens is 316 g/mol. The maximum Gasteiger partial charge on any atom is 0.253 e. The van der Waals surface area contributed by atoms with Crippen LogP contribution in [0.5, 0.6) is 0 Å². The highest BCUT2D eigenvalue weighted by Gasteiger charge is 2.23. The van der Waals surface area contributed by atoms with Gasteiger partial charge in [0.1, 0.15) is 0 Å². The number of nitrogens with zero attached hydrogens (tertiary/aromatic N) is 1. The van der Waals surface area contributed by atoms with Gasteiger partial charge in [0.15, 0.2) is 0 Å². The molecule has 1 aromatic heterocycles. The molecule has 1 aromatic carbocycles. The van der Waals surface area contributed by atoms with E-state index in [1.165, 1.54) is 0 Å². The van der Waals surface area contributed by atoms with Gasteiger partial charge < -0.3 is 14.6 Å². The molecule has 3 rings (SSSR count). The second kappa shape index (κ2) is 7.40. The number of H-pyrrole nitrogens is 1. The molecule has 1 N–H and O–H groups in total. The Morgan fingerprint density at radius 2 is 2.08 bits per heavy atom. The van der Waals surface area contributed by atoms with E-state index in [9.17, 15) is 9.59 Å². The predicted octanol–water partition coefficient (Wildman–Crippen LogP) is 3.06. The average Bonchev–Trinajstić information content (AvgIpc) is 3.11. The van der Waals surface area contributed by atoms with Crippen molar-refractivity contribution in [2.45, 2.75) is 52.7 Å². The van der Waals surface area contributed by atoms with Gasteiger partial charge in [0.2, 0.25) is 5.91 Å². The van der Waals surface area contributed by atoms with Gasteiger partial charge in [-0.15, -0.1) is 0 Å². The lowest BCUT2D eigenvalue weighted by Crippen LogP contribution is -2.38. The van der Waals surface area contributed by atoms with Crippen LogP contribution in [0.1, 0.15) is 42.9 Å². The van der Waals surface area contributed by atoms with Crippen molar-refractivity contribution in [1.29, 1.82) is 0 Å². The number of hydrogen-bond acceptors (Lipinski definition) is 3. The second-order valence-electron chi connectivity index (χ2n) is 6.87. The summed E-state index contributed by atoms with van der Waals surface area (Å²) in [5, 5.41) is 1.04. The van der Waals surface area contributed by atoms with E-state index >= 15 is 0 Å². The molecule has 1 saturated heterocycles. The minimum atomic E-state index is -0.123. The normalized spacial score (nSPS) is 17.2. The molecule has 0 saturated carbocycles. The first-order chi connectivity index (χ1) is 12.0. The lowest BCUT2D eigenvalue weighted by Gasteiger charge is -2.25. The summed E-state index contributed by atoms with van der Waals surface area (Å²) < 4.78 is 5.67. The van der Waals surface area contributed by atoms with Crippen LogP contribution in [0.3, 0.4) is 0 Å². The SMILES string of the molecule is CCC(=O)N(Cc1cc2c(C)ccc(C)c2[nH]c1=O)CC1CCCO1. The number of amides is 1. The molecular formula is C20H26N2O3. The van der Waals surface area contributed by atoms with E-state index < -0.39 is 0 Å². The number of aryl methyl sites for hydroxylation is 2. The predicted molar refractivity (Wildman–Crippen MR) is 98.7 cm³/mol. The van der Waals surface area contributed by atoms with Crippen molar-refractivity contribution in [3.05, 3.63) is 45.2 Å². The molecule has 0 bridgehead atoms. The quantitative estimate of drug-likeness (QED) is 0.908. The zero-order chi connectivity index (χ0) is 18.0. The smallest absolute Gasteiger partial charge is 0.253 e. The van der Waals surface area contributed by atoms with Gasteiger partial charge in [0.05, 0.1) is 18.2 Å². The maximum atomic E-state index is 12.6. The topological polar surface area (TPSA) is 62.4 Å². The number of aromatic amines is 1. The Hall–Kier alpha value is -2.14. The van der Waals surface area contributed by atoms with Gasteiger partial charge in [-0.2, -0.15) is 0 Å². The Kier molecular flexibility index (Phi) is 5.23. The van der Waals surface area contributed by atoms with E-state index in [4.69, 9.17) is 4.74 Å². The molecule has 1 aliphatic heterocycles. The van der Waals surface area contributed by atoms with Gasteiger partial charge in [-0.05, 0) is 43.9 Å². The molecule has 2 heterocycles. The van der Waals surface area contributed by atoms with Crippen LogP contribution < -0.4 is 5.56 Å². The highest BCUT2D eigenvalue weighted by atomic mass is 16.5. The zero-order valence-electron chi connectivity index (χ0n) is 15.2. The van der Waals surface area contributed by atoms with Gasteiger partial charge in [-0.3, -0.25) is 9.59 Å². The highest BCUT2D eigenvalue weighted by molar-refractivity contribution is 5.85. The van der Waals surface area contributed by atoms with Crippen LogP contribution in [0.15, 0.2) is 23.0 Å². The lowest BCUT2D eigenvalue weighted by molar-refractivity contribution is -0.133. The third-order valence-corrected chi connectivity index (χ3v) is 4.98. The molecule has 5 heteroatoms. The summed E-state index contributed by atoms with van der Waals surface area (Å²) in [7, 11) is 0. The number of nitrogens with one attached hydrogen (secondary N) is 1. The van der Waals surface area contributed by atoms with E-state index in [1.54, 1.807) is 4.90 Å². The third kappa shape index (κ3) is 3.76. The fraction of sp³-hybridized carbons (Fsp3) is 0.500. The van der Waals surface area contributed by atoms with Gasteiger partial charge >= 0.3 is 0 Å². The van der Waals surface area contributed by atoms with E-state index in [0.29, 0.717) is 25.1 Å². The summed E-state index contributed by atoms with van der Waals surface area (Å²) in [4.78, 5) is 29.7. The first-order valence-corrected chi connectivity index (χ1v) is 9.01. The standard InChI is InChI=1S/C20H26N2O3/c1-4-18(23)22(12-16-6-5-9-25-16)11-15-10-17-13(2)7-8-14(3)19(17)21-20(15)24/h7-8,10,16H,4-6,9,11-12H2,1-3H3,(H,21,24). The molecule has 1 fully saturated rings. The van der Waals surface area contributed by atoms with Crippen LogP contribution in [0.25, 0.3) is 10.9 Å². The first kappa shape index (κ1) is 17.7. The molecule has 2 aromatic rings. The second-order valence-corrected chi connectivity index (χ2v) is 6.87. The highest BCUT2D eigenvalue weighted by Crippen LogP contribution is 2.21. The van der Waals surface area contributed by atoms with Crippen LogP contribution in [0.2, 0.25) is 0 Å². The summed E-state index contributed by atoms with van der Waals surface area (Å²) >= 11 is 0. The Morgan fingerprint density at radius 1 is 1.32 bits per heavy atom. The number of benzene rings is 1. The van der Waals surface area contributed by atoms with Crippen LogP contribution in [0.4, 0.5) is 0 Å². The third-order valence-electron chi connectivity index (χ3n) is 4.98. The number of hydrogen-bond donors (Lipinski definition) is 1. The summed E-state index contributed by atoms with van der Waals surface area (Å²) in [5.74, 6) is 0.0518. The number of rotatable bonds is 5. The minimum Gasteiger partial charge on any atom is -0.376 e. The molecule has 5 nitrogen and oxygen atoms in total. The fourth-order valence-corrected chi connectivity index (χ4v) is 3.45. The van der Waals surface area contributed by atoms with Crippen molar-refractivity contribution in [3.8, 4) is 0 Å². The Bertz CT molecular complexity index is 835. The fourth-order valence-electron chi connectivity index (χ4n) is 3.45. The number of carbonyl (C=O) groups excluding carboxylic acids is 1. The molecule has 1 unspecified atom stereocenters. The summed E-state index contributed by atoms with van der Waals surface area (Å²) in [6.45, 7) is 7.51. The van der Waals surface area contributed by atoms with Crippen molar-refractivity contribution >= 4 is 16.8 Å². The van der Waals surface area contributed by atoms with Crippen LogP contribution >= 0.6 is 0 Å². The molecule has 134 valence electrons. The monoisotopic (exact) mass is 342 g/mol. The van der Waals surface area contributed by atoms with Crippen LogP contribution in [-0.4, -0.2) is 35.0 Å². The van der Waals surface area contributed by atoms with Crippen molar-refractivity contribution in [1.82, 2.24) is 9.88 Å².